The number of amides is 1. The summed E-state index contributed by atoms with van der Waals surface area (Å²) >= 11 is 0. The van der Waals surface area contributed by atoms with Crippen LogP contribution in [0, 0.1) is 13.8 Å². The van der Waals surface area contributed by atoms with E-state index in [9.17, 15) is 4.79 Å². The molecule has 1 amide bonds. The molecule has 4 rings (SSSR count). The smallest absolute Gasteiger partial charge is 0.272 e. The number of hydrogen-bond acceptors (Lipinski definition) is 7. The maximum Gasteiger partial charge on any atom is 0.272 e. The van der Waals surface area contributed by atoms with Crippen molar-refractivity contribution in [3.05, 3.63) is 65.7 Å². The first-order valence-electron chi connectivity index (χ1n) is 9.59. The van der Waals surface area contributed by atoms with Crippen LogP contribution in [0.4, 0.5) is 17.6 Å². The maximum atomic E-state index is 12.9. The summed E-state index contributed by atoms with van der Waals surface area (Å²) in [6, 6.07) is 9.59. The summed E-state index contributed by atoms with van der Waals surface area (Å²) in [5, 5.41) is 3.22. The van der Waals surface area contributed by atoms with Crippen LogP contribution >= 0.6 is 0 Å². The molecule has 29 heavy (non-hydrogen) atoms. The van der Waals surface area contributed by atoms with Crippen molar-refractivity contribution in [2.45, 2.75) is 13.8 Å². The summed E-state index contributed by atoms with van der Waals surface area (Å²) in [5.74, 6) is 1.02. The van der Waals surface area contributed by atoms with Gasteiger partial charge in [-0.2, -0.15) is 0 Å². The zero-order chi connectivity index (χ0) is 20.2. The van der Waals surface area contributed by atoms with E-state index in [1.807, 2.05) is 30.9 Å². The van der Waals surface area contributed by atoms with E-state index in [0.717, 1.165) is 16.8 Å². The van der Waals surface area contributed by atoms with E-state index in [2.05, 4.69) is 36.2 Å². The lowest BCUT2D eigenvalue weighted by atomic mass is 10.1. The van der Waals surface area contributed by atoms with Gasteiger partial charge in [0.05, 0.1) is 0 Å². The molecule has 1 aromatic carbocycles. The Labute approximate surface area is 169 Å². The lowest BCUT2D eigenvalue weighted by Gasteiger charge is -2.34. The van der Waals surface area contributed by atoms with Crippen LogP contribution in [0.25, 0.3) is 0 Å². The van der Waals surface area contributed by atoms with E-state index in [1.165, 1.54) is 0 Å². The molecule has 3 aromatic rings. The molecule has 1 fully saturated rings. The van der Waals surface area contributed by atoms with Gasteiger partial charge in [0, 0.05) is 50.5 Å². The molecule has 0 saturated carbocycles. The van der Waals surface area contributed by atoms with Gasteiger partial charge in [0.2, 0.25) is 11.9 Å². The molecule has 8 nitrogen and oxygen atoms in total. The molecule has 2 aromatic heterocycles. The van der Waals surface area contributed by atoms with Crippen molar-refractivity contribution >= 4 is 23.5 Å². The Morgan fingerprint density at radius 1 is 0.966 bits per heavy atom. The minimum atomic E-state index is -0.0926. The summed E-state index contributed by atoms with van der Waals surface area (Å²) < 4.78 is 0. The van der Waals surface area contributed by atoms with Crippen molar-refractivity contribution in [2.24, 2.45) is 0 Å². The lowest BCUT2D eigenvalue weighted by molar-refractivity contribution is 0.0740. The maximum absolute atomic E-state index is 12.9. The number of aryl methyl sites for hydroxylation is 2. The van der Waals surface area contributed by atoms with E-state index >= 15 is 0 Å². The van der Waals surface area contributed by atoms with E-state index in [4.69, 9.17) is 0 Å². The van der Waals surface area contributed by atoms with Gasteiger partial charge < -0.3 is 15.1 Å². The minimum absolute atomic E-state index is 0.0926. The molecule has 0 atom stereocenters. The number of hydrogen-bond donors (Lipinski definition) is 1. The van der Waals surface area contributed by atoms with E-state index in [0.29, 0.717) is 43.8 Å². The highest BCUT2D eigenvalue weighted by Crippen LogP contribution is 2.20. The zero-order valence-electron chi connectivity index (χ0n) is 16.5. The first-order valence-corrected chi connectivity index (χ1v) is 9.59. The van der Waals surface area contributed by atoms with Crippen molar-refractivity contribution < 1.29 is 4.79 Å². The second-order valence-electron chi connectivity index (χ2n) is 7.04. The highest BCUT2D eigenvalue weighted by Gasteiger charge is 2.24. The van der Waals surface area contributed by atoms with Gasteiger partial charge >= 0.3 is 0 Å². The SMILES string of the molecule is Cc1ccc(C)c(Nc2nccc(C(=O)N3CCN(c4ncccn4)CC3)n2)c1. The van der Waals surface area contributed by atoms with Crippen LogP contribution in [0.15, 0.2) is 48.9 Å². The fraction of sp³-hybridized carbons (Fsp3) is 0.286. The molecule has 1 aliphatic heterocycles. The zero-order valence-corrected chi connectivity index (χ0v) is 16.5. The van der Waals surface area contributed by atoms with Crippen LogP contribution in [0.2, 0.25) is 0 Å². The average Bonchev–Trinajstić information content (AvgIpc) is 2.77. The Hall–Kier alpha value is -3.55. The highest BCUT2D eigenvalue weighted by molar-refractivity contribution is 5.92. The molecule has 148 valence electrons. The van der Waals surface area contributed by atoms with Gasteiger partial charge in [-0.3, -0.25) is 4.79 Å². The monoisotopic (exact) mass is 389 g/mol. The molecule has 1 aliphatic rings. The molecule has 1 N–H and O–H groups in total. The first kappa shape index (κ1) is 18.8. The lowest BCUT2D eigenvalue weighted by Crippen LogP contribution is -2.49. The number of carbonyl (C=O) groups excluding carboxylic acids is 1. The van der Waals surface area contributed by atoms with E-state index < -0.39 is 0 Å². The molecular weight excluding hydrogens is 366 g/mol. The van der Waals surface area contributed by atoms with Crippen molar-refractivity contribution in [3.8, 4) is 0 Å². The highest BCUT2D eigenvalue weighted by atomic mass is 16.2. The first-order chi connectivity index (χ1) is 14.1. The number of rotatable bonds is 4. The van der Waals surface area contributed by atoms with Gasteiger partial charge in [-0.25, -0.2) is 19.9 Å². The van der Waals surface area contributed by atoms with Crippen LogP contribution in [-0.4, -0.2) is 56.9 Å². The van der Waals surface area contributed by atoms with Crippen molar-refractivity contribution in [1.82, 2.24) is 24.8 Å². The Morgan fingerprint density at radius 3 is 2.48 bits per heavy atom. The number of nitrogens with zero attached hydrogens (tertiary/aromatic N) is 6. The van der Waals surface area contributed by atoms with Crippen LogP contribution < -0.4 is 10.2 Å². The number of benzene rings is 1. The van der Waals surface area contributed by atoms with Crippen molar-refractivity contribution in [1.29, 1.82) is 0 Å². The fourth-order valence-corrected chi connectivity index (χ4v) is 3.26. The van der Waals surface area contributed by atoms with Crippen LogP contribution in [0.5, 0.6) is 0 Å². The second kappa shape index (κ2) is 8.22. The largest absolute Gasteiger partial charge is 0.337 e. The van der Waals surface area contributed by atoms with Gasteiger partial charge in [-0.15, -0.1) is 0 Å². The summed E-state index contributed by atoms with van der Waals surface area (Å²) in [6.45, 7) is 6.63. The molecule has 0 unspecified atom stereocenters. The summed E-state index contributed by atoms with van der Waals surface area (Å²) in [4.78, 5) is 34.1. The molecule has 1 saturated heterocycles. The third-order valence-corrected chi connectivity index (χ3v) is 4.92. The van der Waals surface area contributed by atoms with Gasteiger partial charge in [0.1, 0.15) is 5.69 Å². The number of piperazine rings is 1. The summed E-state index contributed by atoms with van der Waals surface area (Å²) in [5.41, 5.74) is 3.56. The van der Waals surface area contributed by atoms with Gasteiger partial charge in [0.25, 0.3) is 5.91 Å². The topological polar surface area (TPSA) is 87.1 Å². The molecule has 0 bridgehead atoms. The molecular formula is C21H23N7O. The second-order valence-corrected chi connectivity index (χ2v) is 7.04. The Bertz CT molecular complexity index is 1000. The third-order valence-electron chi connectivity index (χ3n) is 4.92. The van der Waals surface area contributed by atoms with Gasteiger partial charge in [-0.05, 0) is 43.2 Å². The Morgan fingerprint density at radius 2 is 1.72 bits per heavy atom. The van der Waals surface area contributed by atoms with Crippen molar-refractivity contribution in [3.63, 3.8) is 0 Å². The number of carbonyl (C=O) groups is 1. The molecule has 0 spiro atoms. The Balaban J connectivity index is 1.43. The molecule has 8 heteroatoms. The van der Waals surface area contributed by atoms with Crippen LogP contribution in [0.1, 0.15) is 21.6 Å². The van der Waals surface area contributed by atoms with Crippen LogP contribution in [0.3, 0.4) is 0 Å². The average molecular weight is 389 g/mol. The standard InChI is InChI=1S/C21H23N7O/c1-15-4-5-16(2)18(14-15)26-20-22-9-6-17(25-20)19(29)27-10-12-28(13-11-27)21-23-7-3-8-24-21/h3-9,14H,10-13H2,1-2H3,(H,22,25,26). The molecule has 0 radical (unpaired) electrons. The van der Waals surface area contributed by atoms with E-state index in [1.54, 1.807) is 30.7 Å². The fourth-order valence-electron chi connectivity index (χ4n) is 3.26. The summed E-state index contributed by atoms with van der Waals surface area (Å²) in [6.07, 6.45) is 5.07. The van der Waals surface area contributed by atoms with Gasteiger partial charge in [-0.1, -0.05) is 12.1 Å². The minimum Gasteiger partial charge on any atom is -0.337 e. The third kappa shape index (κ3) is 4.31. The van der Waals surface area contributed by atoms with Crippen LogP contribution in [-0.2, 0) is 0 Å². The van der Waals surface area contributed by atoms with Crippen molar-refractivity contribution in [2.75, 3.05) is 36.4 Å². The molecule has 3 heterocycles. The number of aromatic nitrogens is 4. The summed E-state index contributed by atoms with van der Waals surface area (Å²) in [7, 11) is 0. The predicted molar refractivity (Wildman–Crippen MR) is 111 cm³/mol. The number of nitrogens with one attached hydrogen (secondary N) is 1. The number of anilines is 3. The predicted octanol–water partition coefficient (Wildman–Crippen LogP) is 2.59. The van der Waals surface area contributed by atoms with E-state index in [-0.39, 0.29) is 5.91 Å². The molecule has 0 aliphatic carbocycles. The van der Waals surface area contributed by atoms with Gasteiger partial charge in [0.15, 0.2) is 0 Å². The normalized spacial score (nSPS) is 14.0. The Kier molecular flexibility index (Phi) is 5.33. The quantitative estimate of drug-likeness (QED) is 0.734.